The zero-order valence-electron chi connectivity index (χ0n) is 15.5. The van der Waals surface area contributed by atoms with E-state index >= 15 is 0 Å². The lowest BCUT2D eigenvalue weighted by atomic mass is 9.87. The summed E-state index contributed by atoms with van der Waals surface area (Å²) in [5, 5.41) is 2.66. The van der Waals surface area contributed by atoms with Crippen LogP contribution in [0.3, 0.4) is 0 Å². The van der Waals surface area contributed by atoms with E-state index in [2.05, 4.69) is 99.3 Å². The summed E-state index contributed by atoms with van der Waals surface area (Å²) in [6, 6.07) is 22.1. The number of nitrogens with zero attached hydrogens (tertiary/aromatic N) is 1. The first-order valence-corrected chi connectivity index (χ1v) is 9.00. The topological polar surface area (TPSA) is 3.24 Å². The summed E-state index contributed by atoms with van der Waals surface area (Å²) in [5.74, 6) is 0. The largest absolute Gasteiger partial charge is 0.358 e. The molecule has 1 heteroatoms. The number of hydrogen-bond acceptors (Lipinski definition) is 1. The van der Waals surface area contributed by atoms with Gasteiger partial charge in [-0.05, 0) is 61.2 Å². The molecule has 1 nitrogen and oxygen atoms in total. The summed E-state index contributed by atoms with van der Waals surface area (Å²) < 4.78 is 0. The Hall–Kier alpha value is -2.54. The van der Waals surface area contributed by atoms with Crippen molar-refractivity contribution in [3.63, 3.8) is 0 Å². The van der Waals surface area contributed by atoms with Crippen LogP contribution in [-0.4, -0.2) is 5.54 Å². The lowest BCUT2D eigenvalue weighted by molar-refractivity contribution is 0.553. The number of fused-ring (bicyclic) bond motifs is 2. The molecule has 4 rings (SSSR count). The van der Waals surface area contributed by atoms with Crippen molar-refractivity contribution >= 4 is 22.0 Å². The van der Waals surface area contributed by atoms with E-state index in [1.54, 1.807) is 0 Å². The predicted molar refractivity (Wildman–Crippen MR) is 109 cm³/mol. The van der Waals surface area contributed by atoms with Crippen LogP contribution in [0.25, 0.3) is 16.3 Å². The van der Waals surface area contributed by atoms with Crippen LogP contribution in [0, 0.1) is 6.92 Å². The van der Waals surface area contributed by atoms with Crippen molar-refractivity contribution in [3.05, 3.63) is 83.4 Å². The Bertz CT molecular complexity index is 973. The molecule has 1 heterocycles. The zero-order chi connectivity index (χ0) is 17.6. The quantitative estimate of drug-likeness (QED) is 0.530. The molecular weight excluding hydrogens is 302 g/mol. The van der Waals surface area contributed by atoms with Crippen molar-refractivity contribution in [1.29, 1.82) is 0 Å². The molecule has 3 aromatic rings. The summed E-state index contributed by atoms with van der Waals surface area (Å²) in [6.07, 6.45) is 2.40. The van der Waals surface area contributed by atoms with Crippen molar-refractivity contribution in [3.8, 4) is 0 Å². The lowest BCUT2D eigenvalue weighted by Gasteiger charge is -2.43. The molecule has 0 fully saturated rings. The molecule has 0 bridgehead atoms. The normalized spacial score (nSPS) is 15.8. The molecule has 0 amide bonds. The highest BCUT2D eigenvalue weighted by molar-refractivity contribution is 5.87. The number of anilines is 1. The van der Waals surface area contributed by atoms with Gasteiger partial charge in [-0.1, -0.05) is 60.7 Å². The summed E-state index contributed by atoms with van der Waals surface area (Å²) in [4.78, 5) is 2.55. The maximum absolute atomic E-state index is 2.55. The molecular formula is C24H25N. The average Bonchev–Trinajstić information content (AvgIpc) is 2.58. The van der Waals surface area contributed by atoms with Crippen LogP contribution in [0.4, 0.5) is 5.69 Å². The van der Waals surface area contributed by atoms with Crippen molar-refractivity contribution in [2.75, 3.05) is 4.90 Å². The van der Waals surface area contributed by atoms with Gasteiger partial charge >= 0.3 is 0 Å². The van der Waals surface area contributed by atoms with E-state index in [4.69, 9.17) is 0 Å². The van der Waals surface area contributed by atoms with Crippen LogP contribution in [0.2, 0.25) is 0 Å². The molecule has 0 atom stereocenters. The molecule has 1 aliphatic heterocycles. The van der Waals surface area contributed by atoms with E-state index < -0.39 is 0 Å². The van der Waals surface area contributed by atoms with Gasteiger partial charge in [-0.15, -0.1) is 0 Å². The molecule has 25 heavy (non-hydrogen) atoms. The van der Waals surface area contributed by atoms with Crippen LogP contribution in [-0.2, 0) is 6.54 Å². The number of benzene rings is 3. The fraction of sp³-hybridized carbons (Fsp3) is 0.250. The first-order valence-electron chi connectivity index (χ1n) is 9.00. The van der Waals surface area contributed by atoms with Crippen LogP contribution in [0.1, 0.15) is 37.5 Å². The molecule has 0 saturated heterocycles. The van der Waals surface area contributed by atoms with Gasteiger partial charge in [-0.2, -0.15) is 0 Å². The maximum Gasteiger partial charge on any atom is 0.0538 e. The minimum Gasteiger partial charge on any atom is -0.358 e. The lowest BCUT2D eigenvalue weighted by Crippen LogP contribution is -2.44. The molecule has 0 saturated carbocycles. The Morgan fingerprint density at radius 3 is 2.48 bits per heavy atom. The van der Waals surface area contributed by atoms with Crippen molar-refractivity contribution in [1.82, 2.24) is 0 Å². The smallest absolute Gasteiger partial charge is 0.0538 e. The predicted octanol–water partition coefficient (Wildman–Crippen LogP) is 6.35. The SMILES string of the molecule is CC1=CC(C)(C)N(Cc2cccc3ccccc23)c2cc(C)ccc21. The van der Waals surface area contributed by atoms with Crippen molar-refractivity contribution < 1.29 is 0 Å². The molecule has 0 N–H and O–H groups in total. The van der Waals surface area contributed by atoms with Gasteiger partial charge in [0.15, 0.2) is 0 Å². The first-order chi connectivity index (χ1) is 12.0. The molecule has 1 aliphatic rings. The first kappa shape index (κ1) is 16.0. The van der Waals surface area contributed by atoms with Crippen LogP contribution < -0.4 is 4.90 Å². The number of allylic oxidation sites excluding steroid dienone is 1. The highest BCUT2D eigenvalue weighted by Gasteiger charge is 2.31. The monoisotopic (exact) mass is 327 g/mol. The number of rotatable bonds is 2. The Morgan fingerprint density at radius 2 is 1.64 bits per heavy atom. The Balaban J connectivity index is 1.85. The van der Waals surface area contributed by atoms with Gasteiger partial charge in [0, 0.05) is 17.8 Å². The summed E-state index contributed by atoms with van der Waals surface area (Å²) in [7, 11) is 0. The van der Waals surface area contributed by atoms with Gasteiger partial charge in [0.05, 0.1) is 5.54 Å². The van der Waals surface area contributed by atoms with Gasteiger partial charge < -0.3 is 4.90 Å². The van der Waals surface area contributed by atoms with E-state index in [1.165, 1.54) is 38.7 Å². The van der Waals surface area contributed by atoms with Crippen LogP contribution >= 0.6 is 0 Å². The van der Waals surface area contributed by atoms with Gasteiger partial charge in [0.1, 0.15) is 0 Å². The molecule has 0 aliphatic carbocycles. The second kappa shape index (κ2) is 5.77. The van der Waals surface area contributed by atoms with Gasteiger partial charge in [0.2, 0.25) is 0 Å². The van der Waals surface area contributed by atoms with Gasteiger partial charge in [-0.25, -0.2) is 0 Å². The number of hydrogen-bond donors (Lipinski definition) is 0. The molecule has 0 unspecified atom stereocenters. The highest BCUT2D eigenvalue weighted by Crippen LogP contribution is 2.40. The van der Waals surface area contributed by atoms with E-state index in [0.29, 0.717) is 0 Å². The summed E-state index contributed by atoms with van der Waals surface area (Å²) in [5.41, 5.74) is 6.75. The Labute approximate surface area is 150 Å². The zero-order valence-corrected chi connectivity index (χ0v) is 15.5. The third-order valence-corrected chi connectivity index (χ3v) is 5.34. The number of aryl methyl sites for hydroxylation is 1. The van der Waals surface area contributed by atoms with E-state index in [0.717, 1.165) is 6.54 Å². The van der Waals surface area contributed by atoms with Crippen molar-refractivity contribution in [2.45, 2.75) is 39.8 Å². The second-order valence-electron chi connectivity index (χ2n) is 7.73. The standard InChI is InChI=1S/C24H25N/c1-17-12-13-21-18(2)15-24(3,4)25(23(21)14-17)16-20-10-7-9-19-8-5-6-11-22(19)20/h5-15H,16H2,1-4H3. The van der Waals surface area contributed by atoms with E-state index in [1.807, 2.05) is 0 Å². The molecule has 0 spiro atoms. The molecule has 3 aromatic carbocycles. The summed E-state index contributed by atoms with van der Waals surface area (Å²) in [6.45, 7) is 9.94. The fourth-order valence-corrected chi connectivity index (χ4v) is 4.08. The molecule has 0 radical (unpaired) electrons. The van der Waals surface area contributed by atoms with Crippen LogP contribution in [0.15, 0.2) is 66.7 Å². The summed E-state index contributed by atoms with van der Waals surface area (Å²) >= 11 is 0. The van der Waals surface area contributed by atoms with E-state index in [9.17, 15) is 0 Å². The van der Waals surface area contributed by atoms with Crippen molar-refractivity contribution in [2.24, 2.45) is 0 Å². The highest BCUT2D eigenvalue weighted by atomic mass is 15.2. The van der Waals surface area contributed by atoms with Crippen LogP contribution in [0.5, 0.6) is 0 Å². The molecule has 126 valence electrons. The average molecular weight is 327 g/mol. The molecule has 0 aromatic heterocycles. The minimum absolute atomic E-state index is 0.0121. The maximum atomic E-state index is 2.55. The Kier molecular flexibility index (Phi) is 3.68. The third-order valence-electron chi connectivity index (χ3n) is 5.34. The van der Waals surface area contributed by atoms with Gasteiger partial charge in [0.25, 0.3) is 0 Å². The Morgan fingerprint density at radius 1 is 0.880 bits per heavy atom. The van der Waals surface area contributed by atoms with Gasteiger partial charge in [-0.3, -0.25) is 0 Å². The fourth-order valence-electron chi connectivity index (χ4n) is 4.08. The second-order valence-corrected chi connectivity index (χ2v) is 7.73. The minimum atomic E-state index is -0.0121. The third kappa shape index (κ3) is 2.74. The van der Waals surface area contributed by atoms with E-state index in [-0.39, 0.29) is 5.54 Å².